The number of benzene rings is 1. The number of nitrogens with zero attached hydrogens (tertiary/aromatic N) is 3. The summed E-state index contributed by atoms with van der Waals surface area (Å²) in [7, 11) is -1.29. The number of piperidine rings is 1. The molecule has 2 aliphatic heterocycles. The summed E-state index contributed by atoms with van der Waals surface area (Å²) in [6, 6.07) is 7.37. The maximum absolute atomic E-state index is 13.4. The third-order valence-electron chi connectivity index (χ3n) is 5.79. The van der Waals surface area contributed by atoms with Crippen molar-refractivity contribution in [3.63, 3.8) is 0 Å². The van der Waals surface area contributed by atoms with E-state index in [2.05, 4.69) is 22.2 Å². The predicted molar refractivity (Wildman–Crippen MR) is 110 cm³/mol. The van der Waals surface area contributed by atoms with Crippen molar-refractivity contribution in [3.05, 3.63) is 29.8 Å². The van der Waals surface area contributed by atoms with Gasteiger partial charge in [-0.05, 0) is 65.0 Å². The summed E-state index contributed by atoms with van der Waals surface area (Å²) < 4.78 is 28.5. The second-order valence-electron chi connectivity index (χ2n) is 7.91. The first-order valence-corrected chi connectivity index (χ1v) is 11.6. The molecule has 2 aliphatic rings. The summed E-state index contributed by atoms with van der Waals surface area (Å²) in [6.45, 7) is 9.69. The Hall–Kier alpha value is -0.990. The van der Waals surface area contributed by atoms with Crippen LogP contribution < -0.4 is 5.32 Å². The van der Waals surface area contributed by atoms with Gasteiger partial charge in [-0.2, -0.15) is 4.31 Å². The molecule has 1 N–H and O–H groups in total. The van der Waals surface area contributed by atoms with Crippen molar-refractivity contribution >= 4 is 10.0 Å². The lowest BCUT2D eigenvalue weighted by Crippen LogP contribution is -2.48. The summed E-state index contributed by atoms with van der Waals surface area (Å²) in [6.07, 6.45) is 2.66. The van der Waals surface area contributed by atoms with Gasteiger partial charge in [0.1, 0.15) is 0 Å². The van der Waals surface area contributed by atoms with E-state index in [-0.39, 0.29) is 6.04 Å². The number of hydrogen-bond acceptors (Lipinski definition) is 5. The molecule has 3 rings (SSSR count). The highest BCUT2D eigenvalue weighted by molar-refractivity contribution is 7.89. The Morgan fingerprint density at radius 1 is 1.07 bits per heavy atom. The van der Waals surface area contributed by atoms with Crippen molar-refractivity contribution in [2.24, 2.45) is 0 Å². The normalized spacial score (nSPS) is 21.0. The first kappa shape index (κ1) is 20.7. The fourth-order valence-corrected chi connectivity index (χ4v) is 5.68. The molecule has 0 bridgehead atoms. The Bertz CT molecular complexity index is 678. The Labute approximate surface area is 164 Å². The molecule has 27 heavy (non-hydrogen) atoms. The zero-order valence-electron chi connectivity index (χ0n) is 16.7. The topological polar surface area (TPSA) is 55.9 Å². The summed E-state index contributed by atoms with van der Waals surface area (Å²) in [5.41, 5.74) is 1.08. The van der Waals surface area contributed by atoms with Gasteiger partial charge in [0.25, 0.3) is 0 Å². The van der Waals surface area contributed by atoms with E-state index in [1.165, 1.54) is 0 Å². The Kier molecular flexibility index (Phi) is 7.28. The number of nitrogens with one attached hydrogen (secondary N) is 1. The average Bonchev–Trinajstić information content (AvgIpc) is 2.67. The summed E-state index contributed by atoms with van der Waals surface area (Å²) in [5, 5.41) is 3.35. The molecule has 0 spiro atoms. The fourth-order valence-electron chi connectivity index (χ4n) is 3.96. The molecular weight excluding hydrogens is 360 g/mol. The van der Waals surface area contributed by atoms with Crippen LogP contribution in [0.1, 0.15) is 24.8 Å². The highest BCUT2D eigenvalue weighted by Gasteiger charge is 2.32. The van der Waals surface area contributed by atoms with Crippen LogP contribution in [0.3, 0.4) is 0 Å². The van der Waals surface area contributed by atoms with Gasteiger partial charge in [0.05, 0.1) is 4.90 Å². The number of rotatable bonds is 7. The zero-order chi connectivity index (χ0) is 19.3. The Balaban J connectivity index is 1.67. The van der Waals surface area contributed by atoms with E-state index in [1.54, 1.807) is 16.4 Å². The van der Waals surface area contributed by atoms with Gasteiger partial charge in [-0.3, -0.25) is 0 Å². The maximum atomic E-state index is 13.4. The Morgan fingerprint density at radius 2 is 1.70 bits per heavy atom. The van der Waals surface area contributed by atoms with Crippen LogP contribution in [-0.2, 0) is 10.0 Å². The molecular formula is C20H34N4O2S. The van der Waals surface area contributed by atoms with Crippen molar-refractivity contribution in [3.8, 4) is 0 Å². The maximum Gasteiger partial charge on any atom is 0.243 e. The number of aryl methyl sites for hydroxylation is 1. The van der Waals surface area contributed by atoms with Gasteiger partial charge in [-0.25, -0.2) is 8.42 Å². The van der Waals surface area contributed by atoms with Crippen LogP contribution in [0, 0.1) is 6.92 Å². The molecule has 152 valence electrons. The number of hydrogen-bond donors (Lipinski definition) is 1. The van der Waals surface area contributed by atoms with Crippen molar-refractivity contribution in [2.75, 3.05) is 59.4 Å². The van der Waals surface area contributed by atoms with Crippen LogP contribution in [0.25, 0.3) is 0 Å². The molecule has 2 heterocycles. The Morgan fingerprint density at radius 3 is 2.33 bits per heavy atom. The van der Waals surface area contributed by atoms with E-state index in [0.717, 1.165) is 70.6 Å². The third kappa shape index (κ3) is 5.51. The van der Waals surface area contributed by atoms with Crippen LogP contribution in [0.4, 0.5) is 0 Å². The summed E-state index contributed by atoms with van der Waals surface area (Å²) >= 11 is 0. The van der Waals surface area contributed by atoms with E-state index in [1.807, 2.05) is 19.1 Å². The van der Waals surface area contributed by atoms with Gasteiger partial charge in [0.15, 0.2) is 0 Å². The molecule has 2 fully saturated rings. The van der Waals surface area contributed by atoms with Crippen molar-refractivity contribution in [1.82, 2.24) is 19.4 Å². The zero-order valence-corrected chi connectivity index (χ0v) is 17.5. The second-order valence-corrected chi connectivity index (χ2v) is 9.80. The first-order valence-electron chi connectivity index (χ1n) is 10.2. The highest BCUT2D eigenvalue weighted by atomic mass is 32.2. The van der Waals surface area contributed by atoms with E-state index in [9.17, 15) is 8.42 Å². The first-order chi connectivity index (χ1) is 13.0. The lowest BCUT2D eigenvalue weighted by Gasteiger charge is -2.35. The number of sulfonamides is 1. The van der Waals surface area contributed by atoms with Gasteiger partial charge in [-0.15, -0.1) is 0 Å². The monoisotopic (exact) mass is 394 g/mol. The molecule has 0 aliphatic carbocycles. The van der Waals surface area contributed by atoms with Crippen molar-refractivity contribution in [1.29, 1.82) is 0 Å². The van der Waals surface area contributed by atoms with E-state index in [0.29, 0.717) is 11.4 Å². The summed E-state index contributed by atoms with van der Waals surface area (Å²) in [4.78, 5) is 5.23. The van der Waals surface area contributed by atoms with Crippen molar-refractivity contribution in [2.45, 2.75) is 37.1 Å². The molecule has 7 heteroatoms. The van der Waals surface area contributed by atoms with Gasteiger partial charge in [-0.1, -0.05) is 17.7 Å². The predicted octanol–water partition coefficient (Wildman–Crippen LogP) is 1.38. The van der Waals surface area contributed by atoms with Crippen LogP contribution in [0.15, 0.2) is 29.2 Å². The van der Waals surface area contributed by atoms with E-state index >= 15 is 0 Å². The average molecular weight is 395 g/mol. The quantitative estimate of drug-likeness (QED) is 0.757. The van der Waals surface area contributed by atoms with E-state index in [4.69, 9.17) is 0 Å². The molecule has 6 nitrogen and oxygen atoms in total. The minimum Gasteiger partial charge on any atom is -0.317 e. The molecule has 0 amide bonds. The van der Waals surface area contributed by atoms with Crippen LogP contribution in [-0.4, -0.2) is 88.0 Å². The second kappa shape index (κ2) is 9.47. The molecule has 2 saturated heterocycles. The van der Waals surface area contributed by atoms with Gasteiger partial charge in [0.2, 0.25) is 10.0 Å². The van der Waals surface area contributed by atoms with Crippen molar-refractivity contribution < 1.29 is 8.42 Å². The SMILES string of the molecule is Cc1ccc(S(=O)(=O)N(CCCN2CCN(C)CC2)C2CCNCC2)cc1. The number of likely N-dealkylation sites (N-methyl/N-ethyl adjacent to an activating group) is 1. The molecule has 0 unspecified atom stereocenters. The molecule has 0 radical (unpaired) electrons. The van der Waals surface area contributed by atoms with Gasteiger partial charge < -0.3 is 15.1 Å². The smallest absolute Gasteiger partial charge is 0.243 e. The highest BCUT2D eigenvalue weighted by Crippen LogP contribution is 2.23. The van der Waals surface area contributed by atoms with Crippen LogP contribution in [0.2, 0.25) is 0 Å². The molecule has 1 aromatic carbocycles. The lowest BCUT2D eigenvalue weighted by molar-refractivity contribution is 0.147. The summed E-state index contributed by atoms with van der Waals surface area (Å²) in [5.74, 6) is 0. The minimum atomic E-state index is -3.45. The molecule has 0 atom stereocenters. The largest absolute Gasteiger partial charge is 0.317 e. The third-order valence-corrected chi connectivity index (χ3v) is 7.76. The standard InChI is InChI=1S/C20H34N4O2S/c1-18-4-6-20(7-5-18)27(25,26)24(19-8-10-21-11-9-19)13-3-12-23-16-14-22(2)15-17-23/h4-7,19,21H,3,8-17H2,1-2H3. The van der Waals surface area contributed by atoms with E-state index < -0.39 is 10.0 Å². The van der Waals surface area contributed by atoms with Crippen LogP contribution >= 0.6 is 0 Å². The molecule has 1 aromatic rings. The number of piperazine rings is 1. The fraction of sp³-hybridized carbons (Fsp3) is 0.700. The minimum absolute atomic E-state index is 0.102. The van der Waals surface area contributed by atoms with Gasteiger partial charge in [0, 0.05) is 38.8 Å². The van der Waals surface area contributed by atoms with Gasteiger partial charge >= 0.3 is 0 Å². The lowest BCUT2D eigenvalue weighted by atomic mass is 10.1. The van der Waals surface area contributed by atoms with Crippen LogP contribution in [0.5, 0.6) is 0 Å². The molecule has 0 aromatic heterocycles. The molecule has 0 saturated carbocycles.